The zero-order valence-corrected chi connectivity index (χ0v) is 14.7. The maximum Gasteiger partial charge on any atom is 0.171 e. The first-order chi connectivity index (χ1) is 10.6. The molecule has 2 rings (SSSR count). The fourth-order valence-corrected chi connectivity index (χ4v) is 2.65. The molecule has 0 radical (unpaired) electrons. The predicted octanol–water partition coefficient (Wildman–Crippen LogP) is 3.72. The number of Topliss-reactive ketones (excluding diaryl/α,β-unsaturated/α-hetero) is 1. The maximum atomic E-state index is 13.0. The Morgan fingerprint density at radius 2 is 1.65 bits per heavy atom. The summed E-state index contributed by atoms with van der Waals surface area (Å²) in [5.41, 5.74) is 1.84. The van der Waals surface area contributed by atoms with Crippen LogP contribution < -0.4 is 4.74 Å². The fraction of sp³-hybridized carbons (Fsp3) is 0.316. The number of ether oxygens (including phenoxy) is 1. The Morgan fingerprint density at radius 3 is 2.26 bits per heavy atom. The van der Waals surface area contributed by atoms with Gasteiger partial charge in [0.15, 0.2) is 5.78 Å². The van der Waals surface area contributed by atoms with Gasteiger partial charge in [-0.2, -0.15) is 0 Å². The highest BCUT2D eigenvalue weighted by atomic mass is 35.5. The molecule has 0 saturated heterocycles. The molecule has 2 aromatic carbocycles. The Bertz CT molecular complexity index is 614. The van der Waals surface area contributed by atoms with Gasteiger partial charge in [-0.1, -0.05) is 42.5 Å². The Kier molecular flexibility index (Phi) is 7.79. The summed E-state index contributed by atoms with van der Waals surface area (Å²) >= 11 is 0. The lowest BCUT2D eigenvalue weighted by molar-refractivity contribution is 0.0893. The first-order valence-corrected chi connectivity index (χ1v) is 7.47. The van der Waals surface area contributed by atoms with Crippen LogP contribution in [0.4, 0.5) is 0 Å². The summed E-state index contributed by atoms with van der Waals surface area (Å²) in [4.78, 5) is 15.0. The molecule has 1 atom stereocenters. The largest absolute Gasteiger partial charge is 0.496 e. The van der Waals surface area contributed by atoms with Crippen LogP contribution in [0.3, 0.4) is 0 Å². The minimum Gasteiger partial charge on any atom is -0.496 e. The second-order valence-corrected chi connectivity index (χ2v) is 5.71. The molecule has 23 heavy (non-hydrogen) atoms. The van der Waals surface area contributed by atoms with Crippen LogP contribution in [0.5, 0.6) is 5.75 Å². The molecule has 0 saturated carbocycles. The molecular weight excluding hydrogens is 310 g/mol. The van der Waals surface area contributed by atoms with Crippen molar-refractivity contribution >= 4 is 18.2 Å². The summed E-state index contributed by atoms with van der Waals surface area (Å²) in [6.07, 6.45) is 0.732. The molecule has 4 heteroatoms. The van der Waals surface area contributed by atoms with Crippen LogP contribution in [0.2, 0.25) is 0 Å². The Morgan fingerprint density at radius 1 is 1.04 bits per heavy atom. The lowest BCUT2D eigenvalue weighted by Crippen LogP contribution is -2.30. The monoisotopic (exact) mass is 333 g/mol. The predicted molar refractivity (Wildman–Crippen MR) is 96.8 cm³/mol. The number of hydrogen-bond donors (Lipinski definition) is 0. The Labute approximate surface area is 144 Å². The van der Waals surface area contributed by atoms with Crippen molar-refractivity contribution in [3.05, 3.63) is 65.7 Å². The summed E-state index contributed by atoms with van der Waals surface area (Å²) in [6.45, 7) is 0.714. The summed E-state index contributed by atoms with van der Waals surface area (Å²) in [6, 6.07) is 17.6. The highest BCUT2D eigenvalue weighted by Crippen LogP contribution is 2.23. The molecule has 0 aliphatic rings. The van der Waals surface area contributed by atoms with Crippen molar-refractivity contribution in [2.75, 3.05) is 27.7 Å². The number of rotatable bonds is 7. The number of carbonyl (C=O) groups is 1. The normalized spacial score (nSPS) is 11.7. The summed E-state index contributed by atoms with van der Waals surface area (Å²) < 4.78 is 5.34. The number of carbonyl (C=O) groups excluding carboxylic acids is 1. The van der Waals surface area contributed by atoms with E-state index in [4.69, 9.17) is 4.74 Å². The highest BCUT2D eigenvalue weighted by Gasteiger charge is 2.23. The molecule has 0 aliphatic heterocycles. The van der Waals surface area contributed by atoms with Gasteiger partial charge in [-0.05, 0) is 38.2 Å². The van der Waals surface area contributed by atoms with E-state index in [2.05, 4.69) is 17.0 Å². The SMILES string of the molecule is COc1ccccc1C(=O)C(Cc1ccccc1)CN(C)C.Cl. The summed E-state index contributed by atoms with van der Waals surface area (Å²) in [5.74, 6) is 0.688. The lowest BCUT2D eigenvalue weighted by Gasteiger charge is -2.21. The molecule has 3 nitrogen and oxygen atoms in total. The third-order valence-electron chi connectivity index (χ3n) is 3.65. The number of ketones is 1. The van der Waals surface area contributed by atoms with E-state index in [-0.39, 0.29) is 24.1 Å². The van der Waals surface area contributed by atoms with Gasteiger partial charge in [-0.25, -0.2) is 0 Å². The van der Waals surface area contributed by atoms with Gasteiger partial charge in [0.2, 0.25) is 0 Å². The molecule has 0 amide bonds. The van der Waals surface area contributed by atoms with Gasteiger partial charge in [0.25, 0.3) is 0 Å². The van der Waals surface area contributed by atoms with Gasteiger partial charge >= 0.3 is 0 Å². The molecule has 0 aliphatic carbocycles. The molecule has 0 spiro atoms. The van der Waals surface area contributed by atoms with E-state index in [0.29, 0.717) is 17.9 Å². The van der Waals surface area contributed by atoms with E-state index >= 15 is 0 Å². The topological polar surface area (TPSA) is 29.5 Å². The second kappa shape index (κ2) is 9.33. The fourth-order valence-electron chi connectivity index (χ4n) is 2.65. The van der Waals surface area contributed by atoms with Crippen LogP contribution >= 0.6 is 12.4 Å². The minimum atomic E-state index is -0.0892. The van der Waals surface area contributed by atoms with Crippen LogP contribution in [0, 0.1) is 5.92 Å². The second-order valence-electron chi connectivity index (χ2n) is 5.71. The van der Waals surface area contributed by atoms with E-state index in [1.165, 1.54) is 5.56 Å². The van der Waals surface area contributed by atoms with Crippen LogP contribution in [0.1, 0.15) is 15.9 Å². The standard InChI is InChI=1S/C19H23NO2.ClH/c1-20(2)14-16(13-15-9-5-4-6-10-15)19(21)17-11-7-8-12-18(17)22-3;/h4-12,16H,13-14H2,1-3H3;1H. The first-order valence-electron chi connectivity index (χ1n) is 7.47. The van der Waals surface area contributed by atoms with Crippen LogP contribution in [0.25, 0.3) is 0 Å². The zero-order valence-electron chi connectivity index (χ0n) is 13.9. The van der Waals surface area contributed by atoms with Crippen molar-refractivity contribution in [2.24, 2.45) is 5.92 Å². The maximum absolute atomic E-state index is 13.0. The average Bonchev–Trinajstić information content (AvgIpc) is 2.54. The van der Waals surface area contributed by atoms with Crippen molar-refractivity contribution < 1.29 is 9.53 Å². The van der Waals surface area contributed by atoms with Crippen molar-refractivity contribution in [1.29, 1.82) is 0 Å². The van der Waals surface area contributed by atoms with Gasteiger partial charge < -0.3 is 9.64 Å². The van der Waals surface area contributed by atoms with Crippen molar-refractivity contribution in [2.45, 2.75) is 6.42 Å². The quantitative estimate of drug-likeness (QED) is 0.723. The van der Waals surface area contributed by atoms with E-state index in [9.17, 15) is 4.79 Å². The number of para-hydroxylation sites is 1. The number of methoxy groups -OCH3 is 1. The lowest BCUT2D eigenvalue weighted by atomic mass is 9.90. The van der Waals surface area contributed by atoms with Crippen LogP contribution in [-0.4, -0.2) is 38.4 Å². The number of benzene rings is 2. The molecule has 0 heterocycles. The van der Waals surface area contributed by atoms with E-state index in [1.807, 2.05) is 56.6 Å². The smallest absolute Gasteiger partial charge is 0.171 e. The van der Waals surface area contributed by atoms with E-state index in [0.717, 1.165) is 6.42 Å². The van der Waals surface area contributed by atoms with Gasteiger partial charge in [-0.15, -0.1) is 12.4 Å². The summed E-state index contributed by atoms with van der Waals surface area (Å²) in [7, 11) is 5.59. The first kappa shape index (κ1) is 19.2. The molecular formula is C19H24ClNO2. The van der Waals surface area contributed by atoms with E-state index in [1.54, 1.807) is 7.11 Å². The molecule has 0 aromatic heterocycles. The third kappa shape index (κ3) is 5.38. The van der Waals surface area contributed by atoms with Crippen LogP contribution in [-0.2, 0) is 6.42 Å². The Balaban J connectivity index is 0.00000264. The number of halogens is 1. The highest BCUT2D eigenvalue weighted by molar-refractivity contribution is 6.00. The molecule has 0 fully saturated rings. The number of nitrogens with zero attached hydrogens (tertiary/aromatic N) is 1. The Hall–Kier alpha value is -1.84. The van der Waals surface area contributed by atoms with Crippen LogP contribution in [0.15, 0.2) is 54.6 Å². The van der Waals surface area contributed by atoms with Crippen molar-refractivity contribution in [3.8, 4) is 5.75 Å². The molecule has 2 aromatic rings. The van der Waals surface area contributed by atoms with Gasteiger partial charge in [0, 0.05) is 12.5 Å². The molecule has 124 valence electrons. The molecule has 0 N–H and O–H groups in total. The molecule has 0 bridgehead atoms. The summed E-state index contributed by atoms with van der Waals surface area (Å²) in [5, 5.41) is 0. The van der Waals surface area contributed by atoms with Gasteiger partial charge in [0.1, 0.15) is 5.75 Å². The third-order valence-corrected chi connectivity index (χ3v) is 3.65. The van der Waals surface area contributed by atoms with Crippen molar-refractivity contribution in [1.82, 2.24) is 4.90 Å². The zero-order chi connectivity index (χ0) is 15.9. The van der Waals surface area contributed by atoms with Gasteiger partial charge in [-0.3, -0.25) is 4.79 Å². The van der Waals surface area contributed by atoms with Gasteiger partial charge in [0.05, 0.1) is 12.7 Å². The van der Waals surface area contributed by atoms with E-state index < -0.39 is 0 Å². The average molecular weight is 334 g/mol. The van der Waals surface area contributed by atoms with Crippen molar-refractivity contribution in [3.63, 3.8) is 0 Å². The minimum absolute atomic E-state index is 0. The molecule has 1 unspecified atom stereocenters. The number of hydrogen-bond acceptors (Lipinski definition) is 3.